The first kappa shape index (κ1) is 18.2. The van der Waals surface area contributed by atoms with Gasteiger partial charge in [0.1, 0.15) is 11.9 Å². The molecule has 150 valence electrons. The molecule has 5 rings (SSSR count). The van der Waals surface area contributed by atoms with Crippen molar-refractivity contribution in [3.05, 3.63) is 71.2 Å². The van der Waals surface area contributed by atoms with E-state index < -0.39 is 6.04 Å². The second-order valence-corrected chi connectivity index (χ2v) is 8.21. The largest absolute Gasteiger partial charge is 0.356 e. The van der Waals surface area contributed by atoms with Crippen LogP contribution in [0.4, 0.5) is 9.18 Å². The van der Waals surface area contributed by atoms with E-state index >= 15 is 0 Å². The number of carbonyl (C=O) groups is 1. The van der Waals surface area contributed by atoms with Crippen LogP contribution in [0.2, 0.25) is 0 Å². The van der Waals surface area contributed by atoms with Crippen molar-refractivity contribution in [3.8, 4) is 0 Å². The molecular weight excluding hydrogens is 365 g/mol. The molecule has 4 nitrogen and oxygen atoms in total. The molecule has 1 atom stereocenters. The molecular formula is C24H26FN3O. The Kier molecular flexibility index (Phi) is 4.74. The number of amides is 2. The summed E-state index contributed by atoms with van der Waals surface area (Å²) in [6, 6.07) is 14.6. The first-order chi connectivity index (χ1) is 14.2. The third-order valence-corrected chi connectivity index (χ3v) is 6.43. The van der Waals surface area contributed by atoms with E-state index in [2.05, 4.69) is 16.4 Å². The molecule has 0 radical (unpaired) electrons. The fourth-order valence-corrected chi connectivity index (χ4v) is 4.98. The Hall–Kier alpha value is -2.82. The number of halogens is 1. The highest BCUT2D eigenvalue weighted by Gasteiger charge is 2.36. The Morgan fingerprint density at radius 3 is 2.62 bits per heavy atom. The zero-order chi connectivity index (χ0) is 19.8. The maximum atomic E-state index is 14.8. The number of aromatic amines is 1. The topological polar surface area (TPSA) is 48.1 Å². The van der Waals surface area contributed by atoms with Crippen LogP contribution in [-0.2, 0) is 6.42 Å². The Morgan fingerprint density at radius 2 is 1.79 bits per heavy atom. The molecule has 0 unspecified atom stereocenters. The van der Waals surface area contributed by atoms with Crippen molar-refractivity contribution < 1.29 is 9.18 Å². The predicted octanol–water partition coefficient (Wildman–Crippen LogP) is 5.30. The van der Waals surface area contributed by atoms with Crippen molar-refractivity contribution >= 4 is 16.9 Å². The van der Waals surface area contributed by atoms with Crippen LogP contribution < -0.4 is 5.32 Å². The van der Waals surface area contributed by atoms with Crippen LogP contribution in [-0.4, -0.2) is 28.5 Å². The fraction of sp³-hybridized carbons (Fsp3) is 0.375. The van der Waals surface area contributed by atoms with Gasteiger partial charge in [0.2, 0.25) is 0 Å². The third-order valence-electron chi connectivity index (χ3n) is 6.43. The summed E-state index contributed by atoms with van der Waals surface area (Å²) in [5, 5.41) is 4.39. The molecule has 1 saturated carbocycles. The van der Waals surface area contributed by atoms with E-state index in [4.69, 9.17) is 0 Å². The lowest BCUT2D eigenvalue weighted by Gasteiger charge is -2.37. The Balaban J connectivity index is 1.56. The Morgan fingerprint density at radius 1 is 1.03 bits per heavy atom. The first-order valence-electron chi connectivity index (χ1n) is 10.6. The van der Waals surface area contributed by atoms with Crippen molar-refractivity contribution in [1.29, 1.82) is 0 Å². The minimum atomic E-state index is -0.448. The van der Waals surface area contributed by atoms with E-state index in [1.807, 2.05) is 29.2 Å². The van der Waals surface area contributed by atoms with Crippen LogP contribution >= 0.6 is 0 Å². The SMILES string of the molecule is O=C(NC1CCCCC1)N1CCc2c([nH]c3ccccc23)[C@@H]1c1ccccc1F. The quantitative estimate of drug-likeness (QED) is 0.612. The van der Waals surface area contributed by atoms with Gasteiger partial charge in [0, 0.05) is 34.7 Å². The van der Waals surface area contributed by atoms with Crippen molar-refractivity contribution in [2.75, 3.05) is 6.54 Å². The number of nitrogens with zero attached hydrogens (tertiary/aromatic N) is 1. The highest BCUT2D eigenvalue weighted by atomic mass is 19.1. The minimum absolute atomic E-state index is 0.0885. The monoisotopic (exact) mass is 391 g/mol. The number of H-pyrrole nitrogens is 1. The number of fused-ring (bicyclic) bond motifs is 3. The standard InChI is InChI=1S/C24H26FN3O/c25-20-12-6-4-11-19(20)23-22-18(17-10-5-7-13-21(17)27-22)14-15-28(23)24(29)26-16-8-2-1-3-9-16/h4-7,10-13,16,23,27H,1-3,8-9,14-15H2,(H,26,29)/t23-/m0/s1. The maximum absolute atomic E-state index is 14.8. The molecule has 1 aliphatic carbocycles. The van der Waals surface area contributed by atoms with Gasteiger partial charge >= 0.3 is 6.03 Å². The summed E-state index contributed by atoms with van der Waals surface area (Å²) in [6.07, 6.45) is 6.39. The number of hydrogen-bond acceptors (Lipinski definition) is 1. The Bertz CT molecular complexity index is 1040. The van der Waals surface area contributed by atoms with Crippen LogP contribution in [0.3, 0.4) is 0 Å². The molecule has 1 fully saturated rings. The number of hydrogen-bond donors (Lipinski definition) is 2. The van der Waals surface area contributed by atoms with Gasteiger partial charge in [-0.05, 0) is 37.0 Å². The summed E-state index contributed by atoms with van der Waals surface area (Å²) in [4.78, 5) is 18.6. The lowest BCUT2D eigenvalue weighted by atomic mass is 9.92. The average Bonchev–Trinajstić information content (AvgIpc) is 3.13. The highest BCUT2D eigenvalue weighted by Crippen LogP contribution is 2.39. The molecule has 2 N–H and O–H groups in total. The van der Waals surface area contributed by atoms with Crippen LogP contribution in [0, 0.1) is 5.82 Å². The van der Waals surface area contributed by atoms with Gasteiger partial charge in [-0.3, -0.25) is 0 Å². The summed E-state index contributed by atoms with van der Waals surface area (Å²) in [5.41, 5.74) is 3.70. The summed E-state index contributed by atoms with van der Waals surface area (Å²) in [6.45, 7) is 0.576. The van der Waals surface area contributed by atoms with Gasteiger partial charge in [-0.15, -0.1) is 0 Å². The third kappa shape index (κ3) is 3.28. The van der Waals surface area contributed by atoms with Crippen LogP contribution in [0.1, 0.15) is 55.0 Å². The van der Waals surface area contributed by atoms with Crippen LogP contribution in [0.5, 0.6) is 0 Å². The van der Waals surface area contributed by atoms with Gasteiger partial charge < -0.3 is 15.2 Å². The molecule has 0 bridgehead atoms. The van der Waals surface area contributed by atoms with E-state index in [0.717, 1.165) is 48.7 Å². The van der Waals surface area contributed by atoms with Gasteiger partial charge in [-0.1, -0.05) is 55.7 Å². The fourth-order valence-electron chi connectivity index (χ4n) is 4.98. The van der Waals surface area contributed by atoms with Gasteiger partial charge in [0.05, 0.1) is 0 Å². The first-order valence-corrected chi connectivity index (χ1v) is 10.6. The lowest BCUT2D eigenvalue weighted by molar-refractivity contribution is 0.171. The smallest absolute Gasteiger partial charge is 0.318 e. The number of carbonyl (C=O) groups excluding carboxylic acids is 1. The highest BCUT2D eigenvalue weighted by molar-refractivity contribution is 5.86. The molecule has 2 heterocycles. The zero-order valence-corrected chi connectivity index (χ0v) is 16.5. The minimum Gasteiger partial charge on any atom is -0.356 e. The number of aromatic nitrogens is 1. The van der Waals surface area contributed by atoms with E-state index in [1.54, 1.807) is 12.1 Å². The summed E-state index contributed by atoms with van der Waals surface area (Å²) in [5.74, 6) is -0.278. The summed E-state index contributed by atoms with van der Waals surface area (Å²) in [7, 11) is 0. The molecule has 5 heteroatoms. The van der Waals surface area contributed by atoms with E-state index in [9.17, 15) is 9.18 Å². The molecule has 2 amide bonds. The second-order valence-electron chi connectivity index (χ2n) is 8.21. The predicted molar refractivity (Wildman–Crippen MR) is 112 cm³/mol. The van der Waals surface area contributed by atoms with Gasteiger partial charge in [-0.25, -0.2) is 9.18 Å². The van der Waals surface area contributed by atoms with Crippen LogP contribution in [0.15, 0.2) is 48.5 Å². The molecule has 2 aromatic carbocycles. The number of para-hydroxylation sites is 1. The van der Waals surface area contributed by atoms with Crippen LogP contribution in [0.25, 0.3) is 10.9 Å². The van der Waals surface area contributed by atoms with Gasteiger partial charge in [-0.2, -0.15) is 0 Å². The summed E-state index contributed by atoms with van der Waals surface area (Å²) < 4.78 is 14.8. The van der Waals surface area contributed by atoms with E-state index in [1.165, 1.54) is 18.1 Å². The second kappa shape index (κ2) is 7.54. The van der Waals surface area contributed by atoms with Crippen molar-refractivity contribution in [2.24, 2.45) is 0 Å². The van der Waals surface area contributed by atoms with Crippen molar-refractivity contribution in [3.63, 3.8) is 0 Å². The van der Waals surface area contributed by atoms with Crippen molar-refractivity contribution in [2.45, 2.75) is 50.6 Å². The maximum Gasteiger partial charge on any atom is 0.318 e. The number of nitrogens with one attached hydrogen (secondary N) is 2. The number of rotatable bonds is 2. The molecule has 0 spiro atoms. The molecule has 0 saturated heterocycles. The molecule has 29 heavy (non-hydrogen) atoms. The average molecular weight is 391 g/mol. The number of urea groups is 1. The zero-order valence-electron chi connectivity index (χ0n) is 16.5. The molecule has 2 aliphatic rings. The Labute approximate surface area is 170 Å². The normalized spacial score (nSPS) is 19.9. The summed E-state index contributed by atoms with van der Waals surface area (Å²) >= 11 is 0. The molecule has 3 aromatic rings. The molecule has 1 aromatic heterocycles. The van der Waals surface area contributed by atoms with E-state index in [0.29, 0.717) is 12.1 Å². The van der Waals surface area contributed by atoms with Gasteiger partial charge in [0.25, 0.3) is 0 Å². The van der Waals surface area contributed by atoms with Crippen molar-refractivity contribution in [1.82, 2.24) is 15.2 Å². The number of benzene rings is 2. The molecule has 1 aliphatic heterocycles. The van der Waals surface area contributed by atoms with E-state index in [-0.39, 0.29) is 17.9 Å². The lowest BCUT2D eigenvalue weighted by Crippen LogP contribution is -2.49. The van der Waals surface area contributed by atoms with Gasteiger partial charge in [0.15, 0.2) is 0 Å².